The normalized spacial score (nSPS) is 16.8. The Morgan fingerprint density at radius 3 is 2.65 bits per heavy atom. The molecular weight excluding hydrogens is 291 g/mol. The number of rotatable bonds is 6. The van der Waals surface area contributed by atoms with Gasteiger partial charge >= 0.3 is 0 Å². The fraction of sp³-hybridized carbons (Fsp3) is 0.625. The first-order valence-corrected chi connectivity index (χ1v) is 8.31. The maximum atomic E-state index is 6.30. The zero-order chi connectivity index (χ0) is 14.4. The van der Waals surface area contributed by atoms with E-state index in [0.29, 0.717) is 5.02 Å². The largest absolute Gasteiger partial charge is 0.317 e. The molecule has 0 amide bonds. The minimum atomic E-state index is 0.708. The zero-order valence-electron chi connectivity index (χ0n) is 12.2. The van der Waals surface area contributed by atoms with Crippen LogP contribution in [0, 0.1) is 5.92 Å². The van der Waals surface area contributed by atoms with Gasteiger partial charge in [-0.3, -0.25) is 4.90 Å². The summed E-state index contributed by atoms with van der Waals surface area (Å²) in [5, 5.41) is 4.92. The molecule has 1 saturated heterocycles. The summed E-state index contributed by atoms with van der Waals surface area (Å²) in [5.41, 5.74) is 1.18. The summed E-state index contributed by atoms with van der Waals surface area (Å²) < 4.78 is 0. The average molecular weight is 315 g/mol. The lowest BCUT2D eigenvalue weighted by Crippen LogP contribution is -2.36. The van der Waals surface area contributed by atoms with Crippen molar-refractivity contribution in [3.8, 4) is 0 Å². The van der Waals surface area contributed by atoms with Crippen LogP contribution in [-0.2, 0) is 6.54 Å². The van der Waals surface area contributed by atoms with Gasteiger partial charge in [0.15, 0.2) is 0 Å². The Labute approximate surface area is 132 Å². The third-order valence-electron chi connectivity index (χ3n) is 3.92. The van der Waals surface area contributed by atoms with Crippen molar-refractivity contribution in [2.75, 3.05) is 26.2 Å². The molecule has 0 saturated carbocycles. The van der Waals surface area contributed by atoms with Crippen molar-refractivity contribution in [1.82, 2.24) is 10.2 Å². The highest BCUT2D eigenvalue weighted by molar-refractivity contribution is 6.35. The van der Waals surface area contributed by atoms with Crippen LogP contribution in [-0.4, -0.2) is 31.1 Å². The summed E-state index contributed by atoms with van der Waals surface area (Å²) in [6.07, 6.45) is 3.75. The number of piperidine rings is 1. The van der Waals surface area contributed by atoms with E-state index in [0.717, 1.165) is 37.1 Å². The Kier molecular flexibility index (Phi) is 6.63. The molecule has 1 aliphatic heterocycles. The van der Waals surface area contributed by atoms with Gasteiger partial charge in [0.1, 0.15) is 0 Å². The average Bonchev–Trinajstić information content (AvgIpc) is 2.43. The van der Waals surface area contributed by atoms with Crippen molar-refractivity contribution >= 4 is 23.2 Å². The smallest absolute Gasteiger partial charge is 0.0465 e. The van der Waals surface area contributed by atoms with Gasteiger partial charge in [-0.25, -0.2) is 0 Å². The van der Waals surface area contributed by atoms with E-state index in [2.05, 4.69) is 23.2 Å². The Balaban J connectivity index is 1.96. The van der Waals surface area contributed by atoms with Crippen molar-refractivity contribution < 1.29 is 0 Å². The second-order valence-corrected chi connectivity index (χ2v) is 6.51. The topological polar surface area (TPSA) is 15.3 Å². The minimum absolute atomic E-state index is 0.708. The van der Waals surface area contributed by atoms with Crippen LogP contribution in [0.3, 0.4) is 0 Å². The van der Waals surface area contributed by atoms with Gasteiger partial charge in [0, 0.05) is 23.1 Å². The molecule has 1 fully saturated rings. The molecule has 20 heavy (non-hydrogen) atoms. The number of hydrogen-bond acceptors (Lipinski definition) is 2. The number of benzene rings is 1. The molecule has 1 heterocycles. The lowest BCUT2D eigenvalue weighted by atomic mass is 9.97. The predicted octanol–water partition coefficient (Wildman–Crippen LogP) is 4.21. The molecule has 1 aromatic carbocycles. The maximum absolute atomic E-state index is 6.30. The SMILES string of the molecule is CCCN(Cc1ccc(Cl)cc1Cl)CC1CCNCC1. The summed E-state index contributed by atoms with van der Waals surface area (Å²) in [6, 6.07) is 5.82. The van der Waals surface area contributed by atoms with Gasteiger partial charge in [0.25, 0.3) is 0 Å². The highest BCUT2D eigenvalue weighted by Crippen LogP contribution is 2.23. The van der Waals surface area contributed by atoms with Gasteiger partial charge in [-0.15, -0.1) is 0 Å². The third kappa shape index (κ3) is 4.92. The second kappa shape index (κ2) is 8.23. The molecule has 0 radical (unpaired) electrons. The van der Waals surface area contributed by atoms with Crippen molar-refractivity contribution in [3.05, 3.63) is 33.8 Å². The van der Waals surface area contributed by atoms with Gasteiger partial charge in [-0.05, 0) is 62.5 Å². The highest BCUT2D eigenvalue weighted by atomic mass is 35.5. The Bertz CT molecular complexity index is 417. The molecule has 2 rings (SSSR count). The van der Waals surface area contributed by atoms with E-state index in [4.69, 9.17) is 23.2 Å². The number of hydrogen-bond donors (Lipinski definition) is 1. The molecule has 0 spiro atoms. The maximum Gasteiger partial charge on any atom is 0.0465 e. The first-order chi connectivity index (χ1) is 9.69. The Morgan fingerprint density at radius 1 is 1.25 bits per heavy atom. The van der Waals surface area contributed by atoms with Gasteiger partial charge in [0.05, 0.1) is 0 Å². The summed E-state index contributed by atoms with van der Waals surface area (Å²) >= 11 is 12.3. The fourth-order valence-electron chi connectivity index (χ4n) is 2.87. The summed E-state index contributed by atoms with van der Waals surface area (Å²) in [7, 11) is 0. The van der Waals surface area contributed by atoms with Crippen LogP contribution in [0.5, 0.6) is 0 Å². The molecule has 1 aliphatic rings. The Morgan fingerprint density at radius 2 is 2.00 bits per heavy atom. The van der Waals surface area contributed by atoms with Crippen LogP contribution in [0.25, 0.3) is 0 Å². The van der Waals surface area contributed by atoms with Gasteiger partial charge in [-0.2, -0.15) is 0 Å². The van der Waals surface area contributed by atoms with E-state index in [-0.39, 0.29) is 0 Å². The molecule has 1 N–H and O–H groups in total. The summed E-state index contributed by atoms with van der Waals surface area (Å²) in [6.45, 7) is 7.78. The van der Waals surface area contributed by atoms with Crippen LogP contribution >= 0.6 is 23.2 Å². The lowest BCUT2D eigenvalue weighted by Gasteiger charge is -2.30. The molecular formula is C16H24Cl2N2. The fourth-order valence-corrected chi connectivity index (χ4v) is 3.34. The molecule has 1 aromatic rings. The second-order valence-electron chi connectivity index (χ2n) is 5.66. The Hall–Kier alpha value is -0.280. The molecule has 112 valence electrons. The van der Waals surface area contributed by atoms with Crippen molar-refractivity contribution in [2.24, 2.45) is 5.92 Å². The first kappa shape index (κ1) is 16.1. The standard InChI is InChI=1S/C16H24Cl2N2/c1-2-9-20(11-13-5-7-19-8-6-13)12-14-3-4-15(17)10-16(14)18/h3-4,10,13,19H,2,5-9,11-12H2,1H3. The molecule has 0 atom stereocenters. The molecule has 0 aromatic heterocycles. The summed E-state index contributed by atoms with van der Waals surface area (Å²) in [4.78, 5) is 2.53. The minimum Gasteiger partial charge on any atom is -0.317 e. The van der Waals surface area contributed by atoms with Crippen LogP contribution in [0.15, 0.2) is 18.2 Å². The first-order valence-electron chi connectivity index (χ1n) is 7.56. The number of nitrogens with one attached hydrogen (secondary N) is 1. The van der Waals surface area contributed by atoms with Crippen LogP contribution < -0.4 is 5.32 Å². The van der Waals surface area contributed by atoms with E-state index in [9.17, 15) is 0 Å². The van der Waals surface area contributed by atoms with Gasteiger partial charge in [0.2, 0.25) is 0 Å². The van der Waals surface area contributed by atoms with E-state index in [1.807, 2.05) is 12.1 Å². The van der Waals surface area contributed by atoms with E-state index in [1.165, 1.54) is 31.4 Å². The van der Waals surface area contributed by atoms with Crippen LogP contribution in [0.1, 0.15) is 31.7 Å². The van der Waals surface area contributed by atoms with Crippen LogP contribution in [0.4, 0.5) is 0 Å². The third-order valence-corrected chi connectivity index (χ3v) is 4.51. The monoisotopic (exact) mass is 314 g/mol. The molecule has 0 aliphatic carbocycles. The van der Waals surface area contributed by atoms with E-state index < -0.39 is 0 Å². The van der Waals surface area contributed by atoms with Crippen molar-refractivity contribution in [2.45, 2.75) is 32.7 Å². The number of halogens is 2. The predicted molar refractivity (Wildman–Crippen MR) is 87.6 cm³/mol. The van der Waals surface area contributed by atoms with E-state index in [1.54, 1.807) is 0 Å². The molecule has 4 heteroatoms. The quantitative estimate of drug-likeness (QED) is 0.846. The summed E-state index contributed by atoms with van der Waals surface area (Å²) in [5.74, 6) is 0.814. The zero-order valence-corrected chi connectivity index (χ0v) is 13.7. The van der Waals surface area contributed by atoms with Crippen molar-refractivity contribution in [3.63, 3.8) is 0 Å². The van der Waals surface area contributed by atoms with Gasteiger partial charge < -0.3 is 5.32 Å². The number of nitrogens with zero attached hydrogens (tertiary/aromatic N) is 1. The molecule has 0 unspecified atom stereocenters. The van der Waals surface area contributed by atoms with Crippen molar-refractivity contribution in [1.29, 1.82) is 0 Å². The van der Waals surface area contributed by atoms with Crippen LogP contribution in [0.2, 0.25) is 10.0 Å². The van der Waals surface area contributed by atoms with E-state index >= 15 is 0 Å². The highest BCUT2D eigenvalue weighted by Gasteiger charge is 2.17. The lowest BCUT2D eigenvalue weighted by molar-refractivity contribution is 0.199. The van der Waals surface area contributed by atoms with Gasteiger partial charge in [-0.1, -0.05) is 36.2 Å². The molecule has 0 bridgehead atoms. The molecule has 2 nitrogen and oxygen atoms in total.